The number of anilines is 2. The van der Waals surface area contributed by atoms with Gasteiger partial charge in [0.15, 0.2) is 0 Å². The normalized spacial score (nSPS) is 15.3. The summed E-state index contributed by atoms with van der Waals surface area (Å²) in [6, 6.07) is 1.51. The number of allylic oxidation sites excluding steroid dienone is 1. The maximum Gasteiger partial charge on any atom is 0.421 e. The van der Waals surface area contributed by atoms with Crippen molar-refractivity contribution >= 4 is 17.5 Å². The molecule has 1 aromatic rings. The first-order valence-corrected chi connectivity index (χ1v) is 7.50. The van der Waals surface area contributed by atoms with E-state index in [9.17, 15) is 22.0 Å². The zero-order valence-corrected chi connectivity index (χ0v) is 14.7. The first-order chi connectivity index (χ1) is 12.5. The highest BCUT2D eigenvalue weighted by Gasteiger charge is 2.36. The van der Waals surface area contributed by atoms with E-state index in [2.05, 4.69) is 25.6 Å². The van der Waals surface area contributed by atoms with E-state index in [1.807, 2.05) is 0 Å². The van der Waals surface area contributed by atoms with Gasteiger partial charge >= 0.3 is 6.18 Å². The molecule has 148 valence electrons. The fourth-order valence-electron chi connectivity index (χ4n) is 1.73. The molecule has 1 unspecified atom stereocenters. The fourth-order valence-corrected chi connectivity index (χ4v) is 1.73. The number of nitrogens with zero attached hydrogens (tertiary/aromatic N) is 4. The molecule has 0 saturated heterocycles. The number of aromatic nitrogens is 2. The minimum Gasteiger partial charge on any atom is -0.403 e. The Bertz CT molecular complexity index is 767. The largest absolute Gasteiger partial charge is 0.421 e. The summed E-state index contributed by atoms with van der Waals surface area (Å²) in [6.45, 7) is 1.99. The average Bonchev–Trinajstić information content (AvgIpc) is 2.62. The van der Waals surface area contributed by atoms with Crippen molar-refractivity contribution in [2.45, 2.75) is 26.4 Å². The van der Waals surface area contributed by atoms with E-state index < -0.39 is 35.9 Å². The Morgan fingerprint density at radius 3 is 2.52 bits per heavy atom. The van der Waals surface area contributed by atoms with Crippen LogP contribution in [0.1, 0.15) is 19.4 Å². The third-order valence-electron chi connectivity index (χ3n) is 3.52. The van der Waals surface area contributed by atoms with Gasteiger partial charge in [-0.1, -0.05) is 0 Å². The van der Waals surface area contributed by atoms with Gasteiger partial charge in [-0.25, -0.2) is 13.8 Å². The number of nitriles is 1. The lowest BCUT2D eigenvalue weighted by atomic mass is 9.93. The van der Waals surface area contributed by atoms with Gasteiger partial charge in [0.05, 0.1) is 24.0 Å². The Balaban J connectivity index is 3.06. The first-order valence-electron chi connectivity index (χ1n) is 7.50. The van der Waals surface area contributed by atoms with E-state index in [0.717, 1.165) is 13.1 Å². The predicted octanol–water partition coefficient (Wildman–Crippen LogP) is 3.00. The minimum atomic E-state index is -4.64. The van der Waals surface area contributed by atoms with Crippen molar-refractivity contribution in [2.24, 2.45) is 16.1 Å². The minimum absolute atomic E-state index is 0.0892. The summed E-state index contributed by atoms with van der Waals surface area (Å²) < 4.78 is 64.4. The van der Waals surface area contributed by atoms with Crippen molar-refractivity contribution in [3.05, 3.63) is 23.7 Å². The van der Waals surface area contributed by atoms with E-state index in [0.29, 0.717) is 6.20 Å². The van der Waals surface area contributed by atoms with Crippen LogP contribution in [0.25, 0.3) is 0 Å². The van der Waals surface area contributed by atoms with Crippen molar-refractivity contribution in [3.63, 3.8) is 0 Å². The second-order valence-corrected chi connectivity index (χ2v) is 5.64. The number of halogens is 5. The van der Waals surface area contributed by atoms with Crippen molar-refractivity contribution in [1.82, 2.24) is 9.97 Å². The molecule has 1 aromatic heterocycles. The lowest BCUT2D eigenvalue weighted by molar-refractivity contribution is -0.137. The maximum atomic E-state index is 12.9. The average molecular weight is 391 g/mol. The number of nitrogens with one attached hydrogen (secondary N) is 2. The molecule has 1 heterocycles. The molecule has 0 bridgehead atoms. The van der Waals surface area contributed by atoms with Crippen LogP contribution in [0.5, 0.6) is 0 Å². The summed E-state index contributed by atoms with van der Waals surface area (Å²) >= 11 is 0. The number of rotatable bonds is 7. The SMILES string of the molecule is CNc1nc(NC(=C/N)/C(C)=N\CC(C)(C#N)C(F)F)ncc1C(F)(F)F. The first kappa shape index (κ1) is 22.1. The Hall–Kier alpha value is -2.97. The van der Waals surface area contributed by atoms with Crippen molar-refractivity contribution < 1.29 is 22.0 Å². The third-order valence-corrected chi connectivity index (χ3v) is 3.52. The molecule has 7 nitrogen and oxygen atoms in total. The highest BCUT2D eigenvalue weighted by atomic mass is 19.4. The fraction of sp³-hybridized carbons (Fsp3) is 0.467. The molecule has 4 N–H and O–H groups in total. The lowest BCUT2D eigenvalue weighted by Gasteiger charge is -2.18. The Kier molecular flexibility index (Phi) is 7.04. The number of alkyl halides is 5. The molecule has 12 heteroatoms. The van der Waals surface area contributed by atoms with Gasteiger partial charge in [-0.2, -0.15) is 23.4 Å². The highest BCUT2D eigenvalue weighted by Crippen LogP contribution is 2.33. The van der Waals surface area contributed by atoms with Crippen LogP contribution < -0.4 is 16.4 Å². The summed E-state index contributed by atoms with van der Waals surface area (Å²) in [6.07, 6.45) is -5.93. The monoisotopic (exact) mass is 391 g/mol. The van der Waals surface area contributed by atoms with Crippen LogP contribution in [0.4, 0.5) is 33.7 Å². The number of aliphatic imine (C=N–C) groups is 1. The van der Waals surface area contributed by atoms with Gasteiger partial charge in [0.25, 0.3) is 6.43 Å². The number of hydrogen-bond acceptors (Lipinski definition) is 7. The molecule has 0 radical (unpaired) electrons. The van der Waals surface area contributed by atoms with Crippen molar-refractivity contribution in [3.8, 4) is 6.07 Å². The Morgan fingerprint density at radius 2 is 2.07 bits per heavy atom. The van der Waals surface area contributed by atoms with Crippen LogP contribution in [0, 0.1) is 16.7 Å². The van der Waals surface area contributed by atoms with E-state index >= 15 is 0 Å². The molecular formula is C15H18F5N7. The number of nitrogens with two attached hydrogens (primary N) is 1. The summed E-state index contributed by atoms with van der Waals surface area (Å²) in [4.78, 5) is 11.2. The molecule has 27 heavy (non-hydrogen) atoms. The van der Waals surface area contributed by atoms with Gasteiger partial charge in [-0.3, -0.25) is 4.99 Å². The Morgan fingerprint density at radius 1 is 1.44 bits per heavy atom. The maximum absolute atomic E-state index is 12.9. The summed E-state index contributed by atoms with van der Waals surface area (Å²) in [5, 5.41) is 13.8. The van der Waals surface area contributed by atoms with Crippen LogP contribution >= 0.6 is 0 Å². The van der Waals surface area contributed by atoms with E-state index in [-0.39, 0.29) is 17.4 Å². The highest BCUT2D eigenvalue weighted by molar-refractivity contribution is 6.00. The van der Waals surface area contributed by atoms with Gasteiger partial charge in [0.1, 0.15) is 16.8 Å². The molecule has 0 saturated carbocycles. The molecule has 1 atom stereocenters. The molecule has 0 spiro atoms. The van der Waals surface area contributed by atoms with Gasteiger partial charge in [-0.15, -0.1) is 0 Å². The van der Waals surface area contributed by atoms with Crippen LogP contribution in [0.3, 0.4) is 0 Å². The van der Waals surface area contributed by atoms with E-state index in [1.54, 1.807) is 0 Å². The van der Waals surface area contributed by atoms with Crippen LogP contribution in [-0.4, -0.2) is 35.7 Å². The topological polar surface area (TPSA) is 112 Å². The van der Waals surface area contributed by atoms with Gasteiger partial charge in [-0.05, 0) is 13.8 Å². The van der Waals surface area contributed by atoms with Crippen LogP contribution in [0.15, 0.2) is 23.1 Å². The summed E-state index contributed by atoms with van der Waals surface area (Å²) in [7, 11) is 1.26. The van der Waals surface area contributed by atoms with Gasteiger partial charge < -0.3 is 16.4 Å². The van der Waals surface area contributed by atoms with E-state index in [1.165, 1.54) is 20.0 Å². The zero-order valence-electron chi connectivity index (χ0n) is 14.7. The van der Waals surface area contributed by atoms with Crippen molar-refractivity contribution in [2.75, 3.05) is 24.2 Å². The molecule has 0 aliphatic rings. The number of hydrogen-bond donors (Lipinski definition) is 3. The molecule has 0 aromatic carbocycles. The Labute approximate surface area is 152 Å². The summed E-state index contributed by atoms with van der Waals surface area (Å²) in [5.41, 5.74) is 2.65. The lowest BCUT2D eigenvalue weighted by Crippen LogP contribution is -2.28. The quantitative estimate of drug-likeness (QED) is 0.487. The molecule has 1 rings (SSSR count). The molecule has 0 fully saturated rings. The van der Waals surface area contributed by atoms with Crippen molar-refractivity contribution in [1.29, 1.82) is 5.26 Å². The van der Waals surface area contributed by atoms with Crippen LogP contribution in [-0.2, 0) is 6.18 Å². The molecule has 0 aliphatic carbocycles. The second-order valence-electron chi connectivity index (χ2n) is 5.64. The molecular weight excluding hydrogens is 373 g/mol. The van der Waals surface area contributed by atoms with Gasteiger partial charge in [0, 0.05) is 19.4 Å². The second kappa shape index (κ2) is 8.61. The molecule has 0 aliphatic heterocycles. The molecule has 0 amide bonds. The zero-order chi connectivity index (χ0) is 20.8. The van der Waals surface area contributed by atoms with Gasteiger partial charge in [0.2, 0.25) is 5.95 Å². The van der Waals surface area contributed by atoms with Crippen LogP contribution in [0.2, 0.25) is 0 Å². The summed E-state index contributed by atoms with van der Waals surface area (Å²) in [5.74, 6) is -0.670. The predicted molar refractivity (Wildman–Crippen MR) is 90.2 cm³/mol. The standard InChI is InChI=1S/C15H18F5N7/c1-8(25-7-14(2,6-22)12(16)17)10(4-21)26-13-24-5-9(15(18,19)20)11(23-3)27-13/h4-5,12H,7,21H2,1-3H3,(H2,23,24,26,27)/b10-4+,25-8-. The smallest absolute Gasteiger partial charge is 0.403 e. The third kappa shape index (κ3) is 5.50. The van der Waals surface area contributed by atoms with E-state index in [4.69, 9.17) is 11.0 Å².